The summed E-state index contributed by atoms with van der Waals surface area (Å²) in [5.74, 6) is 0.787. The van der Waals surface area contributed by atoms with E-state index >= 15 is 0 Å². The molecule has 1 unspecified atom stereocenters. The minimum Gasteiger partial charge on any atom is -0.496 e. The van der Waals surface area contributed by atoms with E-state index in [2.05, 4.69) is 70.6 Å². The standard InChI is InChI=1S/C29H32N4O2/c1-21-12-13-33-26(20-30-28(33)18-21)24(23-9-5-7-11-27(23)35-3)19-29(34)32-16-14-31(15-17-32)25-10-6-4-8-22(25)2/h4-13,18,20,24H,14-17,19H2,1-3H3. The molecule has 1 aliphatic rings. The van der Waals surface area contributed by atoms with Crippen molar-refractivity contribution >= 4 is 17.2 Å². The van der Waals surface area contributed by atoms with Gasteiger partial charge in [0.15, 0.2) is 0 Å². The minimum absolute atomic E-state index is 0.160. The number of carbonyl (C=O) groups excluding carboxylic acids is 1. The molecule has 0 saturated carbocycles. The molecule has 6 nitrogen and oxygen atoms in total. The van der Waals surface area contributed by atoms with Gasteiger partial charge in [0.2, 0.25) is 5.91 Å². The summed E-state index contributed by atoms with van der Waals surface area (Å²) >= 11 is 0. The van der Waals surface area contributed by atoms with Crippen LogP contribution in [0.1, 0.15) is 34.7 Å². The maximum atomic E-state index is 13.6. The van der Waals surface area contributed by atoms with Gasteiger partial charge in [0.25, 0.3) is 0 Å². The van der Waals surface area contributed by atoms with Crippen LogP contribution in [0.5, 0.6) is 5.75 Å². The van der Waals surface area contributed by atoms with Crippen LogP contribution >= 0.6 is 0 Å². The summed E-state index contributed by atoms with van der Waals surface area (Å²) in [6.07, 6.45) is 4.31. The SMILES string of the molecule is COc1ccccc1C(CC(=O)N1CCN(c2ccccc2C)CC1)c1cnc2cc(C)ccn12. The molecule has 0 N–H and O–H groups in total. The molecule has 1 saturated heterocycles. The van der Waals surface area contributed by atoms with Crippen molar-refractivity contribution in [3.05, 3.63) is 95.4 Å². The van der Waals surface area contributed by atoms with Gasteiger partial charge in [0.05, 0.1) is 12.8 Å². The lowest BCUT2D eigenvalue weighted by Crippen LogP contribution is -2.49. The lowest BCUT2D eigenvalue weighted by molar-refractivity contribution is -0.131. The van der Waals surface area contributed by atoms with Crippen molar-refractivity contribution in [3.8, 4) is 5.75 Å². The van der Waals surface area contributed by atoms with E-state index in [0.717, 1.165) is 54.4 Å². The van der Waals surface area contributed by atoms with Crippen LogP contribution in [0.2, 0.25) is 0 Å². The third-order valence-electron chi connectivity index (χ3n) is 7.04. The van der Waals surface area contributed by atoms with Crippen molar-refractivity contribution in [3.63, 3.8) is 0 Å². The first kappa shape index (κ1) is 23.0. The lowest BCUT2D eigenvalue weighted by atomic mass is 9.91. The zero-order valence-corrected chi connectivity index (χ0v) is 20.6. The van der Waals surface area contributed by atoms with E-state index in [1.807, 2.05) is 35.5 Å². The first-order chi connectivity index (χ1) is 17.0. The Bertz CT molecular complexity index is 1340. The number of ether oxygens (including phenoxy) is 1. The molecule has 1 amide bonds. The zero-order chi connectivity index (χ0) is 24.4. The molecule has 1 atom stereocenters. The van der Waals surface area contributed by atoms with Crippen LogP contribution in [0, 0.1) is 13.8 Å². The van der Waals surface area contributed by atoms with Gasteiger partial charge < -0.3 is 18.9 Å². The maximum absolute atomic E-state index is 13.6. The number of methoxy groups -OCH3 is 1. The number of carbonyl (C=O) groups is 1. The largest absolute Gasteiger partial charge is 0.496 e. The fourth-order valence-corrected chi connectivity index (χ4v) is 5.11. The van der Waals surface area contributed by atoms with Crippen LogP contribution in [-0.4, -0.2) is 53.5 Å². The number of amides is 1. The van der Waals surface area contributed by atoms with E-state index in [1.54, 1.807) is 7.11 Å². The number of benzene rings is 2. The Morgan fingerprint density at radius 2 is 1.74 bits per heavy atom. The molecule has 1 fully saturated rings. The molecule has 0 spiro atoms. The van der Waals surface area contributed by atoms with Gasteiger partial charge in [-0.3, -0.25) is 4.79 Å². The van der Waals surface area contributed by atoms with Crippen molar-refractivity contribution in [1.82, 2.24) is 14.3 Å². The van der Waals surface area contributed by atoms with Gasteiger partial charge in [-0.25, -0.2) is 4.98 Å². The molecule has 2 aromatic heterocycles. The van der Waals surface area contributed by atoms with E-state index < -0.39 is 0 Å². The van der Waals surface area contributed by atoms with Crippen LogP contribution < -0.4 is 9.64 Å². The molecule has 1 aliphatic heterocycles. The van der Waals surface area contributed by atoms with Crippen LogP contribution in [0.3, 0.4) is 0 Å². The highest BCUT2D eigenvalue weighted by Gasteiger charge is 2.29. The Balaban J connectivity index is 1.40. The van der Waals surface area contributed by atoms with Crippen LogP contribution in [0.25, 0.3) is 5.65 Å². The monoisotopic (exact) mass is 468 g/mol. The minimum atomic E-state index is -0.161. The lowest BCUT2D eigenvalue weighted by Gasteiger charge is -2.37. The summed E-state index contributed by atoms with van der Waals surface area (Å²) in [5.41, 5.74) is 6.57. The smallest absolute Gasteiger partial charge is 0.223 e. The van der Waals surface area contributed by atoms with Crippen molar-refractivity contribution in [2.75, 3.05) is 38.2 Å². The summed E-state index contributed by atoms with van der Waals surface area (Å²) in [6.45, 7) is 7.32. The number of rotatable bonds is 6. The van der Waals surface area contributed by atoms with Crippen LogP contribution in [0.4, 0.5) is 5.69 Å². The average Bonchev–Trinajstić information content (AvgIpc) is 3.30. The third kappa shape index (κ3) is 4.61. The predicted molar refractivity (Wildman–Crippen MR) is 139 cm³/mol. The maximum Gasteiger partial charge on any atom is 0.223 e. The first-order valence-electron chi connectivity index (χ1n) is 12.2. The number of piperazine rings is 1. The fourth-order valence-electron chi connectivity index (χ4n) is 5.11. The highest BCUT2D eigenvalue weighted by atomic mass is 16.5. The molecular formula is C29H32N4O2. The Kier molecular flexibility index (Phi) is 6.45. The molecule has 4 aromatic rings. The van der Waals surface area contributed by atoms with Gasteiger partial charge in [-0.05, 0) is 49.2 Å². The van der Waals surface area contributed by atoms with E-state index in [9.17, 15) is 4.79 Å². The number of pyridine rings is 1. The molecule has 6 heteroatoms. The normalized spacial score (nSPS) is 14.8. The quantitative estimate of drug-likeness (QED) is 0.407. The predicted octanol–water partition coefficient (Wildman–Crippen LogP) is 4.83. The number of para-hydroxylation sites is 2. The Labute approximate surface area is 206 Å². The molecule has 0 bridgehead atoms. The van der Waals surface area contributed by atoms with Crippen molar-refractivity contribution in [1.29, 1.82) is 0 Å². The highest BCUT2D eigenvalue weighted by Crippen LogP contribution is 2.35. The van der Waals surface area contributed by atoms with E-state index in [0.29, 0.717) is 6.42 Å². The molecule has 5 rings (SSSR count). The summed E-state index contributed by atoms with van der Waals surface area (Å²) in [7, 11) is 1.68. The second-order valence-electron chi connectivity index (χ2n) is 9.27. The van der Waals surface area contributed by atoms with Crippen molar-refractivity contribution < 1.29 is 9.53 Å². The molecule has 3 heterocycles. The second-order valence-corrected chi connectivity index (χ2v) is 9.27. The third-order valence-corrected chi connectivity index (χ3v) is 7.04. The van der Waals surface area contributed by atoms with Crippen molar-refractivity contribution in [2.45, 2.75) is 26.2 Å². The van der Waals surface area contributed by atoms with Crippen LogP contribution in [0.15, 0.2) is 73.1 Å². The number of hydrogen-bond donors (Lipinski definition) is 0. The Morgan fingerprint density at radius 1 is 1.00 bits per heavy atom. The topological polar surface area (TPSA) is 50.1 Å². The average molecular weight is 469 g/mol. The van der Waals surface area contributed by atoms with Gasteiger partial charge in [-0.1, -0.05) is 36.4 Å². The zero-order valence-electron chi connectivity index (χ0n) is 20.6. The number of anilines is 1. The summed E-state index contributed by atoms with van der Waals surface area (Å²) < 4.78 is 7.79. The molecule has 180 valence electrons. The molecule has 0 radical (unpaired) electrons. The summed E-state index contributed by atoms with van der Waals surface area (Å²) in [4.78, 5) is 22.6. The van der Waals surface area contributed by atoms with Gasteiger partial charge >= 0.3 is 0 Å². The number of aromatic nitrogens is 2. The van der Waals surface area contributed by atoms with E-state index in [4.69, 9.17) is 4.74 Å². The molecule has 2 aromatic carbocycles. The number of fused-ring (bicyclic) bond motifs is 1. The Hall–Kier alpha value is -3.80. The summed E-state index contributed by atoms with van der Waals surface area (Å²) in [6, 6.07) is 20.6. The molecular weight excluding hydrogens is 436 g/mol. The number of nitrogens with zero attached hydrogens (tertiary/aromatic N) is 4. The fraction of sp³-hybridized carbons (Fsp3) is 0.310. The van der Waals surface area contributed by atoms with Gasteiger partial charge in [-0.2, -0.15) is 0 Å². The van der Waals surface area contributed by atoms with E-state index in [1.165, 1.54) is 11.3 Å². The summed E-state index contributed by atoms with van der Waals surface area (Å²) in [5, 5.41) is 0. The second kappa shape index (κ2) is 9.82. The number of hydrogen-bond acceptors (Lipinski definition) is 4. The molecule has 0 aliphatic carbocycles. The first-order valence-corrected chi connectivity index (χ1v) is 12.2. The van der Waals surface area contributed by atoms with Crippen molar-refractivity contribution in [2.24, 2.45) is 0 Å². The van der Waals surface area contributed by atoms with Gasteiger partial charge in [0, 0.05) is 62.2 Å². The number of aryl methyl sites for hydroxylation is 2. The van der Waals surface area contributed by atoms with Gasteiger partial charge in [-0.15, -0.1) is 0 Å². The molecule has 35 heavy (non-hydrogen) atoms. The van der Waals surface area contributed by atoms with Crippen LogP contribution in [-0.2, 0) is 4.79 Å². The van der Waals surface area contributed by atoms with Gasteiger partial charge in [0.1, 0.15) is 11.4 Å². The Morgan fingerprint density at radius 3 is 2.51 bits per heavy atom. The van der Waals surface area contributed by atoms with E-state index in [-0.39, 0.29) is 11.8 Å². The highest BCUT2D eigenvalue weighted by molar-refractivity contribution is 5.78. The number of imidazole rings is 1.